The molecule has 26 heavy (non-hydrogen) atoms. The van der Waals surface area contributed by atoms with Crippen molar-refractivity contribution >= 4 is 40.4 Å². The number of nitrogens with zero attached hydrogens (tertiary/aromatic N) is 1. The molecule has 0 bridgehead atoms. The molecule has 0 spiro atoms. The van der Waals surface area contributed by atoms with Crippen LogP contribution in [0.3, 0.4) is 0 Å². The molecule has 0 saturated heterocycles. The normalized spacial score (nSPS) is 10.2. The number of nitro groups is 1. The lowest BCUT2D eigenvalue weighted by molar-refractivity contribution is -0.384. The van der Waals surface area contributed by atoms with E-state index in [9.17, 15) is 19.7 Å². The Morgan fingerprint density at radius 2 is 1.81 bits per heavy atom. The Bertz CT molecular complexity index is 879. The molecule has 1 amide bonds. The van der Waals surface area contributed by atoms with Gasteiger partial charge < -0.3 is 10.7 Å². The number of halogens is 1. The summed E-state index contributed by atoms with van der Waals surface area (Å²) in [6.07, 6.45) is 0.660. The minimum absolute atomic E-state index is 0.0116. The first-order chi connectivity index (χ1) is 12.3. The summed E-state index contributed by atoms with van der Waals surface area (Å²) in [7, 11) is 0. The van der Waals surface area contributed by atoms with Crippen molar-refractivity contribution in [3.8, 4) is 0 Å². The number of hydrogen-bond donors (Lipinski definition) is 2. The number of benzene rings is 2. The molecule has 0 aromatic heterocycles. The van der Waals surface area contributed by atoms with Crippen LogP contribution in [-0.4, -0.2) is 22.3 Å². The molecule has 134 valence electrons. The highest BCUT2D eigenvalue weighted by Gasteiger charge is 2.16. The predicted molar refractivity (Wildman–Crippen MR) is 99.5 cm³/mol. The Kier molecular flexibility index (Phi) is 6.19. The smallest absolute Gasteiger partial charge is 0.270 e. The molecule has 8 heteroatoms. The van der Waals surface area contributed by atoms with Gasteiger partial charge in [0.15, 0.2) is 5.78 Å². The Labute approximate surface area is 154 Å². The third-order valence-electron chi connectivity index (χ3n) is 3.60. The maximum Gasteiger partial charge on any atom is 0.270 e. The first-order valence-corrected chi connectivity index (χ1v) is 8.08. The van der Waals surface area contributed by atoms with Gasteiger partial charge in [-0.05, 0) is 43.7 Å². The van der Waals surface area contributed by atoms with Crippen molar-refractivity contribution < 1.29 is 14.5 Å². The van der Waals surface area contributed by atoms with Gasteiger partial charge in [0.2, 0.25) is 0 Å². The van der Waals surface area contributed by atoms with Crippen LogP contribution in [0.15, 0.2) is 42.5 Å². The van der Waals surface area contributed by atoms with E-state index in [1.807, 2.05) is 0 Å². The maximum atomic E-state index is 12.3. The fourth-order valence-electron chi connectivity index (χ4n) is 2.18. The molecular weight excluding hydrogens is 358 g/mol. The van der Waals surface area contributed by atoms with Gasteiger partial charge in [0, 0.05) is 35.5 Å². The van der Waals surface area contributed by atoms with Gasteiger partial charge in [-0.15, -0.1) is 0 Å². The van der Waals surface area contributed by atoms with Crippen molar-refractivity contribution in [1.29, 1.82) is 5.41 Å². The monoisotopic (exact) mass is 373 g/mol. The Morgan fingerprint density at radius 3 is 2.38 bits per heavy atom. The molecule has 2 aromatic carbocycles. The summed E-state index contributed by atoms with van der Waals surface area (Å²) in [5.41, 5.74) is 1.11. The van der Waals surface area contributed by atoms with Crippen LogP contribution in [0.5, 0.6) is 0 Å². The van der Waals surface area contributed by atoms with Crippen LogP contribution in [0.1, 0.15) is 40.5 Å². The standard InChI is InChI=1S/C18H16ClN3O4/c1-11(20)2-9-17(23)12-3-5-13(6-4-12)21-18(24)15-10-14(22(25)26)7-8-16(15)19/h3-8,10,20H,2,9H2,1H3,(H,21,24). The zero-order chi connectivity index (χ0) is 19.3. The minimum atomic E-state index is -0.608. The van der Waals surface area contributed by atoms with E-state index in [2.05, 4.69) is 5.32 Å². The summed E-state index contributed by atoms with van der Waals surface area (Å²) < 4.78 is 0. The second kappa shape index (κ2) is 8.35. The topological polar surface area (TPSA) is 113 Å². The molecule has 2 N–H and O–H groups in total. The van der Waals surface area contributed by atoms with Gasteiger partial charge in [0.05, 0.1) is 15.5 Å². The number of amides is 1. The highest BCUT2D eigenvalue weighted by Crippen LogP contribution is 2.23. The number of Topliss-reactive ketones (excluding diaryl/α,β-unsaturated/α-hetero) is 1. The van der Waals surface area contributed by atoms with Crippen molar-refractivity contribution in [1.82, 2.24) is 0 Å². The highest BCUT2D eigenvalue weighted by atomic mass is 35.5. The number of carbonyl (C=O) groups is 2. The first kappa shape index (κ1) is 19.3. The molecule has 0 saturated carbocycles. The number of carbonyl (C=O) groups excluding carboxylic acids is 2. The molecule has 0 radical (unpaired) electrons. The second-order valence-electron chi connectivity index (χ2n) is 5.66. The zero-order valence-corrected chi connectivity index (χ0v) is 14.7. The highest BCUT2D eigenvalue weighted by molar-refractivity contribution is 6.34. The fraction of sp³-hybridized carbons (Fsp3) is 0.167. The third kappa shape index (κ3) is 4.97. The van der Waals surface area contributed by atoms with Crippen LogP contribution >= 0.6 is 11.6 Å². The van der Waals surface area contributed by atoms with Gasteiger partial charge in [0.25, 0.3) is 11.6 Å². The summed E-state index contributed by atoms with van der Waals surface area (Å²) in [4.78, 5) is 34.5. The average molecular weight is 374 g/mol. The lowest BCUT2D eigenvalue weighted by Gasteiger charge is -2.08. The molecule has 0 unspecified atom stereocenters. The van der Waals surface area contributed by atoms with E-state index >= 15 is 0 Å². The maximum absolute atomic E-state index is 12.3. The van der Waals surface area contributed by atoms with Crippen molar-refractivity contribution in [2.24, 2.45) is 0 Å². The number of ketones is 1. The van der Waals surface area contributed by atoms with Gasteiger partial charge in [0.1, 0.15) is 0 Å². The summed E-state index contributed by atoms with van der Waals surface area (Å²) >= 11 is 5.94. The van der Waals surface area contributed by atoms with Crippen LogP contribution in [0.2, 0.25) is 5.02 Å². The molecule has 0 atom stereocenters. The molecule has 0 fully saturated rings. The summed E-state index contributed by atoms with van der Waals surface area (Å²) in [6.45, 7) is 1.64. The van der Waals surface area contributed by atoms with Crippen molar-refractivity contribution in [2.75, 3.05) is 5.32 Å². The fourth-order valence-corrected chi connectivity index (χ4v) is 2.39. The number of anilines is 1. The molecule has 0 aliphatic carbocycles. The van der Waals surface area contributed by atoms with Crippen LogP contribution in [0, 0.1) is 15.5 Å². The largest absolute Gasteiger partial charge is 0.322 e. The van der Waals surface area contributed by atoms with Crippen LogP contribution in [-0.2, 0) is 0 Å². The van der Waals surface area contributed by atoms with Gasteiger partial charge in [-0.1, -0.05) is 11.6 Å². The summed E-state index contributed by atoms with van der Waals surface area (Å²) in [5, 5.41) is 20.9. The zero-order valence-electron chi connectivity index (χ0n) is 13.9. The molecule has 2 rings (SSSR count). The van der Waals surface area contributed by atoms with E-state index in [0.29, 0.717) is 23.4 Å². The van der Waals surface area contributed by atoms with Crippen molar-refractivity contribution in [2.45, 2.75) is 19.8 Å². The predicted octanol–water partition coefficient (Wildman–Crippen LogP) is 4.50. The number of rotatable bonds is 7. The number of non-ortho nitro benzene ring substituents is 1. The molecule has 0 aliphatic heterocycles. The number of nitrogens with one attached hydrogen (secondary N) is 2. The summed E-state index contributed by atoms with van der Waals surface area (Å²) in [6, 6.07) is 9.90. The van der Waals surface area contributed by atoms with E-state index in [1.165, 1.54) is 12.1 Å². The van der Waals surface area contributed by atoms with E-state index in [-0.39, 0.29) is 28.5 Å². The lowest BCUT2D eigenvalue weighted by atomic mass is 10.0. The molecule has 0 heterocycles. The quantitative estimate of drug-likeness (QED) is 0.322. The van der Waals surface area contributed by atoms with Gasteiger partial charge in [-0.2, -0.15) is 0 Å². The Hall–Kier alpha value is -3.06. The van der Waals surface area contributed by atoms with E-state index < -0.39 is 10.8 Å². The van der Waals surface area contributed by atoms with E-state index in [4.69, 9.17) is 17.0 Å². The van der Waals surface area contributed by atoms with Crippen molar-refractivity contribution in [3.63, 3.8) is 0 Å². The lowest BCUT2D eigenvalue weighted by Crippen LogP contribution is -2.13. The Morgan fingerprint density at radius 1 is 1.15 bits per heavy atom. The number of hydrogen-bond acceptors (Lipinski definition) is 5. The van der Waals surface area contributed by atoms with Crippen molar-refractivity contribution in [3.05, 3.63) is 68.7 Å². The second-order valence-corrected chi connectivity index (χ2v) is 6.06. The summed E-state index contributed by atoms with van der Waals surface area (Å²) in [5.74, 6) is -0.673. The van der Waals surface area contributed by atoms with Gasteiger partial charge >= 0.3 is 0 Å². The molecule has 2 aromatic rings. The van der Waals surface area contributed by atoms with Crippen LogP contribution in [0.4, 0.5) is 11.4 Å². The molecular formula is C18H16ClN3O4. The van der Waals surface area contributed by atoms with E-state index in [0.717, 1.165) is 6.07 Å². The average Bonchev–Trinajstić information content (AvgIpc) is 2.60. The molecule has 0 aliphatic rings. The minimum Gasteiger partial charge on any atom is -0.322 e. The third-order valence-corrected chi connectivity index (χ3v) is 3.93. The molecule has 7 nitrogen and oxygen atoms in total. The van der Waals surface area contributed by atoms with Gasteiger partial charge in [-0.25, -0.2) is 0 Å². The van der Waals surface area contributed by atoms with E-state index in [1.54, 1.807) is 31.2 Å². The van der Waals surface area contributed by atoms with Crippen LogP contribution in [0.25, 0.3) is 0 Å². The van der Waals surface area contributed by atoms with Crippen LogP contribution < -0.4 is 5.32 Å². The SMILES string of the molecule is CC(=N)CCC(=O)c1ccc(NC(=O)c2cc([N+](=O)[O-])ccc2Cl)cc1. The Balaban J connectivity index is 2.10. The first-order valence-electron chi connectivity index (χ1n) is 7.70. The number of nitro benzene ring substituents is 1. The van der Waals surface area contributed by atoms with Gasteiger partial charge in [-0.3, -0.25) is 19.7 Å².